The maximum atomic E-state index is 13.6. The quantitative estimate of drug-likeness (QED) is 0.638. The molecule has 0 bridgehead atoms. The number of nitrogens with zero attached hydrogens (tertiary/aromatic N) is 2. The van der Waals surface area contributed by atoms with Crippen LogP contribution >= 0.6 is 0 Å². The van der Waals surface area contributed by atoms with Crippen LogP contribution in [-0.2, 0) is 19.6 Å². The summed E-state index contributed by atoms with van der Waals surface area (Å²) in [6, 6.07) is 12.6. The first-order valence-electron chi connectivity index (χ1n) is 10.1. The predicted octanol–water partition coefficient (Wildman–Crippen LogP) is 1.62. The van der Waals surface area contributed by atoms with Crippen LogP contribution in [0.5, 0.6) is 11.5 Å². The Kier molecular flexibility index (Phi) is 7.24. The number of para-hydroxylation sites is 2. The van der Waals surface area contributed by atoms with Gasteiger partial charge in [0.2, 0.25) is 11.8 Å². The third-order valence-electron chi connectivity index (χ3n) is 5.53. The van der Waals surface area contributed by atoms with E-state index in [2.05, 4.69) is 0 Å². The van der Waals surface area contributed by atoms with E-state index >= 15 is 0 Å². The van der Waals surface area contributed by atoms with Crippen LogP contribution in [0.15, 0.2) is 53.4 Å². The van der Waals surface area contributed by atoms with Gasteiger partial charge in [-0.2, -0.15) is 0 Å². The summed E-state index contributed by atoms with van der Waals surface area (Å²) in [6.07, 6.45) is 0.919. The Bertz CT molecular complexity index is 1060. The number of nitrogens with two attached hydrogens (primary N) is 1. The summed E-state index contributed by atoms with van der Waals surface area (Å²) >= 11 is 0. The number of piperidine rings is 1. The smallest absolute Gasteiger partial charge is 0.264 e. The lowest BCUT2D eigenvalue weighted by atomic mass is 9.96. The molecule has 172 valence electrons. The molecule has 3 rings (SSSR count). The maximum Gasteiger partial charge on any atom is 0.264 e. The van der Waals surface area contributed by atoms with E-state index in [1.165, 1.54) is 26.4 Å². The number of primary amides is 1. The molecule has 0 radical (unpaired) electrons. The van der Waals surface area contributed by atoms with Gasteiger partial charge in [-0.1, -0.05) is 12.1 Å². The normalized spacial score (nSPS) is 14.6. The van der Waals surface area contributed by atoms with E-state index in [1.54, 1.807) is 41.3 Å². The summed E-state index contributed by atoms with van der Waals surface area (Å²) in [6.45, 7) is 0.277. The van der Waals surface area contributed by atoms with E-state index in [0.717, 1.165) is 4.31 Å². The number of methoxy groups -OCH3 is 2. The number of ether oxygens (including phenoxy) is 2. The zero-order valence-electron chi connectivity index (χ0n) is 18.1. The standard InChI is InChI=1S/C22H27N3O6S/c1-30-17-7-9-18(10-8-17)32(28,29)25(19-5-3-4-6-20(19)31-2)15-21(26)24-13-11-16(12-14-24)22(23)27/h3-10,16H,11-15H2,1-2H3,(H2,23,27). The minimum Gasteiger partial charge on any atom is -0.497 e. The Balaban J connectivity index is 1.92. The Morgan fingerprint density at radius 2 is 1.66 bits per heavy atom. The van der Waals surface area contributed by atoms with Gasteiger partial charge in [0.25, 0.3) is 10.0 Å². The fraction of sp³-hybridized carbons (Fsp3) is 0.364. The van der Waals surface area contributed by atoms with Gasteiger partial charge in [-0.15, -0.1) is 0 Å². The van der Waals surface area contributed by atoms with Gasteiger partial charge in [0, 0.05) is 19.0 Å². The van der Waals surface area contributed by atoms with Gasteiger partial charge in [0.1, 0.15) is 18.0 Å². The molecule has 32 heavy (non-hydrogen) atoms. The van der Waals surface area contributed by atoms with Crippen molar-refractivity contribution in [2.45, 2.75) is 17.7 Å². The second-order valence-corrected chi connectivity index (χ2v) is 9.28. The number of hydrogen-bond acceptors (Lipinski definition) is 6. The lowest BCUT2D eigenvalue weighted by Crippen LogP contribution is -2.47. The van der Waals surface area contributed by atoms with Crippen molar-refractivity contribution in [3.63, 3.8) is 0 Å². The maximum absolute atomic E-state index is 13.6. The van der Waals surface area contributed by atoms with E-state index in [9.17, 15) is 18.0 Å². The van der Waals surface area contributed by atoms with Crippen LogP contribution in [0.25, 0.3) is 0 Å². The zero-order valence-corrected chi connectivity index (χ0v) is 18.9. The van der Waals surface area contributed by atoms with Crippen molar-refractivity contribution in [3.05, 3.63) is 48.5 Å². The number of amides is 2. The molecule has 0 atom stereocenters. The first kappa shape index (κ1) is 23.4. The van der Waals surface area contributed by atoms with Crippen molar-refractivity contribution >= 4 is 27.5 Å². The fourth-order valence-corrected chi connectivity index (χ4v) is 5.07. The molecular weight excluding hydrogens is 434 g/mol. The van der Waals surface area contributed by atoms with E-state index in [0.29, 0.717) is 37.4 Å². The molecule has 0 aliphatic carbocycles. The summed E-state index contributed by atoms with van der Waals surface area (Å²) in [5.41, 5.74) is 5.62. The molecule has 1 saturated heterocycles. The van der Waals surface area contributed by atoms with Crippen molar-refractivity contribution in [2.24, 2.45) is 11.7 Å². The first-order valence-corrected chi connectivity index (χ1v) is 11.6. The van der Waals surface area contributed by atoms with Crippen molar-refractivity contribution in [1.82, 2.24) is 4.90 Å². The minimum atomic E-state index is -4.09. The van der Waals surface area contributed by atoms with Gasteiger partial charge in [0.05, 0.1) is 24.8 Å². The SMILES string of the molecule is COc1ccc(S(=O)(=O)N(CC(=O)N2CCC(C(N)=O)CC2)c2ccccc2OC)cc1. The molecule has 1 aliphatic rings. The summed E-state index contributed by atoms with van der Waals surface area (Å²) in [7, 11) is -1.16. The topological polar surface area (TPSA) is 119 Å². The van der Waals surface area contributed by atoms with Crippen molar-refractivity contribution in [1.29, 1.82) is 0 Å². The third kappa shape index (κ3) is 4.96. The molecule has 2 amide bonds. The molecule has 1 fully saturated rings. The highest BCUT2D eigenvalue weighted by Crippen LogP contribution is 2.33. The van der Waals surface area contributed by atoms with Crippen molar-refractivity contribution in [3.8, 4) is 11.5 Å². The summed E-state index contributed by atoms with van der Waals surface area (Å²) in [4.78, 5) is 26.1. The number of likely N-dealkylation sites (tertiary alicyclic amines) is 1. The van der Waals surface area contributed by atoms with Crippen LogP contribution in [0.2, 0.25) is 0 Å². The van der Waals surface area contributed by atoms with Crippen LogP contribution in [-0.4, -0.2) is 59.0 Å². The van der Waals surface area contributed by atoms with Gasteiger partial charge in [-0.05, 0) is 49.2 Å². The number of carbonyl (C=O) groups excluding carboxylic acids is 2. The summed E-state index contributed by atoms with van der Waals surface area (Å²) < 4.78 is 38.6. The Morgan fingerprint density at radius 1 is 1.03 bits per heavy atom. The van der Waals surface area contributed by atoms with Gasteiger partial charge >= 0.3 is 0 Å². The molecule has 0 aromatic heterocycles. The van der Waals surface area contributed by atoms with E-state index in [4.69, 9.17) is 15.2 Å². The molecule has 0 saturated carbocycles. The van der Waals surface area contributed by atoms with Crippen LogP contribution in [0.4, 0.5) is 5.69 Å². The second-order valence-electron chi connectivity index (χ2n) is 7.42. The van der Waals surface area contributed by atoms with E-state index in [1.807, 2.05) is 0 Å². The average molecular weight is 462 g/mol. The molecule has 2 aromatic rings. The van der Waals surface area contributed by atoms with Gasteiger partial charge in [0.15, 0.2) is 0 Å². The molecule has 0 unspecified atom stereocenters. The highest BCUT2D eigenvalue weighted by atomic mass is 32.2. The highest BCUT2D eigenvalue weighted by molar-refractivity contribution is 7.92. The molecule has 1 heterocycles. The largest absolute Gasteiger partial charge is 0.497 e. The molecule has 2 aromatic carbocycles. The Morgan fingerprint density at radius 3 is 2.22 bits per heavy atom. The molecular formula is C22H27N3O6S. The lowest BCUT2D eigenvalue weighted by Gasteiger charge is -2.33. The second kappa shape index (κ2) is 9.90. The number of rotatable bonds is 8. The fourth-order valence-electron chi connectivity index (χ4n) is 3.65. The van der Waals surface area contributed by atoms with Gasteiger partial charge in [-0.25, -0.2) is 8.42 Å². The summed E-state index contributed by atoms with van der Waals surface area (Å²) in [5.74, 6) is -0.177. The zero-order chi connectivity index (χ0) is 23.3. The van der Waals surface area contributed by atoms with Crippen molar-refractivity contribution in [2.75, 3.05) is 38.2 Å². The van der Waals surface area contributed by atoms with Gasteiger partial charge in [-0.3, -0.25) is 13.9 Å². The number of anilines is 1. The number of benzene rings is 2. The molecule has 2 N–H and O–H groups in total. The van der Waals surface area contributed by atoms with Crippen LogP contribution in [0, 0.1) is 5.92 Å². The third-order valence-corrected chi connectivity index (χ3v) is 7.30. The first-order chi connectivity index (χ1) is 15.3. The monoisotopic (exact) mass is 461 g/mol. The van der Waals surface area contributed by atoms with E-state index < -0.39 is 16.6 Å². The Hall–Kier alpha value is -3.27. The van der Waals surface area contributed by atoms with Crippen LogP contribution in [0.1, 0.15) is 12.8 Å². The average Bonchev–Trinajstić information content (AvgIpc) is 2.82. The lowest BCUT2D eigenvalue weighted by molar-refractivity contribution is -0.133. The van der Waals surface area contributed by atoms with Gasteiger partial charge < -0.3 is 20.1 Å². The number of sulfonamides is 1. The predicted molar refractivity (Wildman–Crippen MR) is 119 cm³/mol. The van der Waals surface area contributed by atoms with E-state index in [-0.39, 0.29) is 28.3 Å². The number of hydrogen-bond donors (Lipinski definition) is 1. The molecule has 0 spiro atoms. The van der Waals surface area contributed by atoms with Crippen LogP contribution in [0.3, 0.4) is 0 Å². The van der Waals surface area contributed by atoms with Crippen LogP contribution < -0.4 is 19.5 Å². The number of carbonyl (C=O) groups is 2. The van der Waals surface area contributed by atoms with Crippen molar-refractivity contribution < 1.29 is 27.5 Å². The molecule has 10 heteroatoms. The highest BCUT2D eigenvalue weighted by Gasteiger charge is 2.32. The summed E-state index contributed by atoms with van der Waals surface area (Å²) in [5, 5.41) is 0. The molecule has 1 aliphatic heterocycles. The molecule has 9 nitrogen and oxygen atoms in total. The minimum absolute atomic E-state index is 0.0180. The Labute approximate surface area is 187 Å².